The van der Waals surface area contributed by atoms with Gasteiger partial charge < -0.3 is 0 Å². The van der Waals surface area contributed by atoms with Crippen molar-refractivity contribution in [3.05, 3.63) is 65.4 Å². The Morgan fingerprint density at radius 2 is 1.63 bits per heavy atom. The molecule has 0 amide bonds. The summed E-state index contributed by atoms with van der Waals surface area (Å²) in [6, 6.07) is 16.8. The third kappa shape index (κ3) is 3.25. The molecule has 3 aromatic carbocycles. The van der Waals surface area contributed by atoms with Gasteiger partial charge in [-0.2, -0.15) is 0 Å². The molecule has 0 unspecified atom stereocenters. The van der Waals surface area contributed by atoms with Crippen LogP contribution in [-0.4, -0.2) is 17.7 Å². The third-order valence-electron chi connectivity index (χ3n) is 7.96. The molecule has 35 heavy (non-hydrogen) atoms. The van der Waals surface area contributed by atoms with Gasteiger partial charge in [-0.25, -0.2) is 0 Å². The molecule has 3 heteroatoms. The molecule has 0 aliphatic rings. The Kier molecular flexibility index (Phi) is 4.72. The number of rotatable bonds is 2. The molecule has 3 heterocycles. The van der Waals surface area contributed by atoms with Crippen LogP contribution in [0.3, 0.4) is 0 Å². The maximum absolute atomic E-state index is 2.62. The molecule has 0 bridgehead atoms. The van der Waals surface area contributed by atoms with Crippen LogP contribution in [-0.2, 0) is 13.5 Å². The van der Waals surface area contributed by atoms with Crippen LogP contribution in [0.25, 0.3) is 49.0 Å². The number of fused-ring (bicyclic) bond motifs is 5. The molecule has 0 aliphatic heterocycles. The van der Waals surface area contributed by atoms with Gasteiger partial charge in [0.1, 0.15) is 0 Å². The molecule has 6 rings (SSSR count). The summed E-state index contributed by atoms with van der Waals surface area (Å²) in [5.41, 5.74) is 9.93. The van der Waals surface area contributed by atoms with Gasteiger partial charge in [-0.15, -0.1) is 0 Å². The topological polar surface area (TPSA) is 8.29 Å². The summed E-state index contributed by atoms with van der Waals surface area (Å²) in [6.07, 6.45) is 3.33. The van der Waals surface area contributed by atoms with E-state index in [1.165, 1.54) is 65.7 Å². The minimum absolute atomic E-state index is 0.230. The van der Waals surface area contributed by atoms with Crippen molar-refractivity contribution in [2.24, 2.45) is 12.5 Å². The molecule has 0 spiro atoms. The Bertz CT molecular complexity index is 1810. The van der Waals surface area contributed by atoms with E-state index in [4.69, 9.17) is 0 Å². The molecule has 0 radical (unpaired) electrons. The average Bonchev–Trinajstić information content (AvgIpc) is 3.08. The molecule has 0 saturated heterocycles. The van der Waals surface area contributed by atoms with E-state index in [9.17, 15) is 0 Å². The molecule has 2 nitrogen and oxygen atoms in total. The van der Waals surface area contributed by atoms with Crippen LogP contribution < -0.4 is 8.96 Å². The van der Waals surface area contributed by atoms with Gasteiger partial charge in [-0.1, -0.05) is 0 Å². The fourth-order valence-corrected chi connectivity index (χ4v) is 8.61. The Morgan fingerprint density at radius 1 is 0.886 bits per heavy atom. The van der Waals surface area contributed by atoms with Crippen LogP contribution in [0.5, 0.6) is 0 Å². The van der Waals surface area contributed by atoms with Crippen molar-refractivity contribution in [2.75, 3.05) is 0 Å². The van der Waals surface area contributed by atoms with Gasteiger partial charge in [0.15, 0.2) is 0 Å². The normalized spacial score (nSPS) is 13.4. The quantitative estimate of drug-likeness (QED) is 0.0960. The first-order valence-corrected chi connectivity index (χ1v) is 20.2. The first kappa shape index (κ1) is 22.9. The van der Waals surface area contributed by atoms with Gasteiger partial charge in [0, 0.05) is 0 Å². The van der Waals surface area contributed by atoms with E-state index in [1.54, 1.807) is 4.40 Å². The number of hydrogen-bond acceptors (Lipinski definition) is 0. The number of aryl methyl sites for hydroxylation is 3. The Morgan fingerprint density at radius 3 is 2.31 bits per heavy atom. The molecule has 0 saturated carbocycles. The van der Waals surface area contributed by atoms with E-state index < -0.39 is 13.3 Å². The molecular weight excluding hydrogens is 485 g/mol. The van der Waals surface area contributed by atoms with Crippen molar-refractivity contribution in [2.45, 2.75) is 58.3 Å². The van der Waals surface area contributed by atoms with Crippen molar-refractivity contribution >= 4 is 66.7 Å². The molecule has 6 aromatic rings. The SMILES string of the molecule is Cc1cc2c3c(CC(C)(C)C)cccc3n3c4c[c]([Ge]([CH3])([CH3])[CH3])cc5cc[n+](C)c(c(c1C)c23)c54. The Labute approximate surface area is 211 Å². The molecule has 0 atom stereocenters. The second kappa shape index (κ2) is 7.23. The van der Waals surface area contributed by atoms with Crippen LogP contribution in [0, 0.1) is 19.3 Å². The fraction of sp³-hybridized carbons (Fsp3) is 0.344. The van der Waals surface area contributed by atoms with E-state index in [0.717, 1.165) is 6.42 Å². The second-order valence-corrected chi connectivity index (χ2v) is 23.6. The number of nitrogens with zero attached hydrogens (tertiary/aromatic N) is 2. The summed E-state index contributed by atoms with van der Waals surface area (Å²) in [5.74, 6) is 7.52. The van der Waals surface area contributed by atoms with E-state index in [1.807, 2.05) is 0 Å². The molecule has 0 N–H and O–H groups in total. The van der Waals surface area contributed by atoms with Gasteiger partial charge in [0.25, 0.3) is 0 Å². The zero-order valence-corrected chi connectivity index (χ0v) is 24.8. The van der Waals surface area contributed by atoms with Crippen LogP contribution in [0.15, 0.2) is 48.7 Å². The average molecular weight is 522 g/mol. The van der Waals surface area contributed by atoms with E-state index in [2.05, 4.69) is 117 Å². The first-order valence-electron chi connectivity index (χ1n) is 12.9. The van der Waals surface area contributed by atoms with Gasteiger partial charge in [-0.05, 0) is 0 Å². The molecule has 0 fully saturated rings. The predicted molar refractivity (Wildman–Crippen MR) is 155 cm³/mol. The van der Waals surface area contributed by atoms with Crippen molar-refractivity contribution in [1.82, 2.24) is 4.40 Å². The van der Waals surface area contributed by atoms with Crippen molar-refractivity contribution in [1.29, 1.82) is 0 Å². The van der Waals surface area contributed by atoms with Gasteiger partial charge >= 0.3 is 212 Å². The van der Waals surface area contributed by atoms with Gasteiger partial charge in [0.2, 0.25) is 0 Å². The van der Waals surface area contributed by atoms with Gasteiger partial charge in [-0.3, -0.25) is 0 Å². The number of pyridine rings is 2. The van der Waals surface area contributed by atoms with Crippen molar-refractivity contribution in [3.8, 4) is 0 Å². The minimum atomic E-state index is -2.06. The van der Waals surface area contributed by atoms with Crippen LogP contribution >= 0.6 is 0 Å². The Hall–Kier alpha value is -2.59. The van der Waals surface area contributed by atoms with E-state index in [-0.39, 0.29) is 5.41 Å². The summed E-state index contributed by atoms with van der Waals surface area (Å²) >= 11 is -2.06. The van der Waals surface area contributed by atoms with Crippen molar-refractivity contribution < 1.29 is 4.57 Å². The van der Waals surface area contributed by atoms with Gasteiger partial charge in [0.05, 0.1) is 0 Å². The predicted octanol–water partition coefficient (Wildman–Crippen LogP) is 7.57. The number of aromatic nitrogens is 2. The third-order valence-corrected chi connectivity index (χ3v) is 12.2. The van der Waals surface area contributed by atoms with E-state index >= 15 is 0 Å². The number of hydrogen-bond donors (Lipinski definition) is 0. The molecule has 178 valence electrons. The number of benzene rings is 3. The maximum atomic E-state index is 2.62. The molecular formula is C32H37GeN2+. The van der Waals surface area contributed by atoms with Crippen molar-refractivity contribution in [3.63, 3.8) is 0 Å². The van der Waals surface area contributed by atoms with Crippen LogP contribution in [0.1, 0.15) is 37.5 Å². The Balaban J connectivity index is 1.99. The zero-order chi connectivity index (χ0) is 25.0. The first-order chi connectivity index (χ1) is 16.4. The second-order valence-electron chi connectivity index (χ2n) is 13.0. The molecule has 0 aliphatic carbocycles. The summed E-state index contributed by atoms with van der Waals surface area (Å²) < 4.78 is 6.54. The summed E-state index contributed by atoms with van der Waals surface area (Å²) in [5, 5.41) is 7.02. The summed E-state index contributed by atoms with van der Waals surface area (Å²) in [7, 11) is 2.21. The summed E-state index contributed by atoms with van der Waals surface area (Å²) in [6.45, 7) is 11.6. The summed E-state index contributed by atoms with van der Waals surface area (Å²) in [4.78, 5) is 0. The standard InChI is InChI=1S/C32H37GeN2/c1-19-15-24-28-22(18-32(3,4)5)11-10-12-25(28)35-26-17-23(33(6,7)8)16-21-13-14-34(9)31(29(21)26)27(20(19)2)30(24)35/h10-17H,18H2,1-9H3/q+1. The monoisotopic (exact) mass is 523 g/mol. The fourth-order valence-electron chi connectivity index (χ4n) is 6.18. The van der Waals surface area contributed by atoms with Crippen LogP contribution in [0.2, 0.25) is 17.3 Å². The van der Waals surface area contributed by atoms with Crippen LogP contribution in [0.4, 0.5) is 0 Å². The molecule has 3 aromatic heterocycles. The van der Waals surface area contributed by atoms with E-state index in [0.29, 0.717) is 0 Å². The zero-order valence-electron chi connectivity index (χ0n) is 22.7.